The minimum Gasteiger partial charge on any atom is -0.493 e. The van der Waals surface area contributed by atoms with Gasteiger partial charge < -0.3 is 30.2 Å². The summed E-state index contributed by atoms with van der Waals surface area (Å²) in [5, 5.41) is 4.64. The van der Waals surface area contributed by atoms with E-state index in [2.05, 4.69) is 10.3 Å². The number of rotatable bonds is 12. The van der Waals surface area contributed by atoms with Crippen LogP contribution in [0.4, 0.5) is 15.9 Å². The molecule has 1 aromatic heterocycles. The number of sulfone groups is 1. The Kier molecular flexibility index (Phi) is 10.4. The summed E-state index contributed by atoms with van der Waals surface area (Å²) in [7, 11) is -2.37. The van der Waals surface area contributed by atoms with Gasteiger partial charge in [-0.25, -0.2) is 17.8 Å². The molecule has 13 heteroatoms. The molecule has 0 spiro atoms. The summed E-state index contributed by atoms with van der Waals surface area (Å²) in [4.78, 5) is 33.8. The number of fused-ring (bicyclic) bond motifs is 1. The predicted molar refractivity (Wildman–Crippen MR) is 180 cm³/mol. The summed E-state index contributed by atoms with van der Waals surface area (Å²) in [6.07, 6.45) is 1.77. The summed E-state index contributed by atoms with van der Waals surface area (Å²) in [5.41, 5.74) is 6.79. The second-order valence-corrected chi connectivity index (χ2v) is 13.5. The van der Waals surface area contributed by atoms with Crippen molar-refractivity contribution in [2.24, 2.45) is 5.92 Å². The van der Waals surface area contributed by atoms with Crippen LogP contribution in [-0.4, -0.2) is 62.8 Å². The molecular formula is C35H39FN4O7S. The highest BCUT2D eigenvalue weighted by atomic mass is 32.2. The number of nitrogens with two attached hydrogens (primary N) is 1. The number of likely N-dealkylation sites (tertiary alicyclic amines) is 1. The van der Waals surface area contributed by atoms with Gasteiger partial charge in [0.15, 0.2) is 21.3 Å². The van der Waals surface area contributed by atoms with Gasteiger partial charge in [0.05, 0.1) is 42.9 Å². The zero-order valence-electron chi connectivity index (χ0n) is 27.2. The number of anilines is 2. The number of ether oxygens (including phenoxy) is 3. The van der Waals surface area contributed by atoms with E-state index >= 15 is 4.39 Å². The third kappa shape index (κ3) is 6.73. The van der Waals surface area contributed by atoms with Crippen molar-refractivity contribution in [3.05, 3.63) is 83.8 Å². The number of halogens is 1. The number of carbonyl (C=O) groups excluding carboxylic acids is 2. The van der Waals surface area contributed by atoms with E-state index in [0.29, 0.717) is 22.5 Å². The molecule has 0 bridgehead atoms. The fraction of sp³-hybridized carbons (Fsp3) is 0.343. The monoisotopic (exact) mass is 678 g/mol. The molecule has 3 aromatic carbocycles. The Morgan fingerprint density at radius 2 is 1.83 bits per heavy atom. The number of benzene rings is 3. The molecule has 5 rings (SSSR count). The van der Waals surface area contributed by atoms with E-state index in [4.69, 9.17) is 19.9 Å². The van der Waals surface area contributed by atoms with Crippen LogP contribution < -0.4 is 20.5 Å². The molecule has 3 atom stereocenters. The molecule has 1 amide bonds. The average Bonchev–Trinajstić information content (AvgIpc) is 3.53. The first-order valence-electron chi connectivity index (χ1n) is 15.7. The lowest BCUT2D eigenvalue weighted by Crippen LogP contribution is -2.40. The fourth-order valence-electron chi connectivity index (χ4n) is 6.18. The van der Waals surface area contributed by atoms with E-state index in [1.807, 2.05) is 0 Å². The number of hydrogen-bond donors (Lipinski definition) is 2. The van der Waals surface area contributed by atoms with Gasteiger partial charge in [0.25, 0.3) is 0 Å². The van der Waals surface area contributed by atoms with E-state index in [-0.39, 0.29) is 53.9 Å². The number of nitrogen functional groups attached to an aromatic ring is 1. The van der Waals surface area contributed by atoms with Crippen LogP contribution in [0.5, 0.6) is 11.5 Å². The highest BCUT2D eigenvalue weighted by molar-refractivity contribution is 7.91. The van der Waals surface area contributed by atoms with E-state index in [0.717, 1.165) is 11.5 Å². The topological polar surface area (TPSA) is 150 Å². The normalized spacial score (nSPS) is 16.8. The van der Waals surface area contributed by atoms with Crippen molar-refractivity contribution in [3.63, 3.8) is 0 Å². The number of carbonyl (C=O) groups is 2. The second-order valence-electron chi connectivity index (χ2n) is 11.2. The number of amides is 1. The van der Waals surface area contributed by atoms with Gasteiger partial charge >= 0.3 is 5.97 Å². The van der Waals surface area contributed by atoms with Gasteiger partial charge in [-0.3, -0.25) is 9.59 Å². The van der Waals surface area contributed by atoms with Crippen LogP contribution in [0, 0.1) is 11.7 Å². The average molecular weight is 679 g/mol. The molecule has 1 aliphatic rings. The lowest BCUT2D eigenvalue weighted by atomic mass is 9.93. The Balaban J connectivity index is 1.67. The van der Waals surface area contributed by atoms with Crippen LogP contribution in [-0.2, 0) is 24.2 Å². The molecular weight excluding hydrogens is 639 g/mol. The van der Waals surface area contributed by atoms with Crippen molar-refractivity contribution in [1.82, 2.24) is 9.88 Å². The number of nitrogens with zero attached hydrogens (tertiary/aromatic N) is 2. The van der Waals surface area contributed by atoms with Gasteiger partial charge in [0, 0.05) is 35.4 Å². The van der Waals surface area contributed by atoms with Crippen molar-refractivity contribution >= 4 is 44.0 Å². The molecule has 48 heavy (non-hydrogen) atoms. The van der Waals surface area contributed by atoms with Crippen LogP contribution in [0.3, 0.4) is 0 Å². The van der Waals surface area contributed by atoms with E-state index in [1.54, 1.807) is 62.5 Å². The molecule has 1 aliphatic heterocycles. The highest BCUT2D eigenvalue weighted by Gasteiger charge is 2.46. The Morgan fingerprint density at radius 1 is 1.06 bits per heavy atom. The Hall–Kier alpha value is -4.91. The largest absolute Gasteiger partial charge is 0.493 e. The van der Waals surface area contributed by atoms with Crippen LogP contribution >= 0.6 is 0 Å². The molecule has 2 heterocycles. The Labute approximate surface area is 279 Å². The third-order valence-corrected chi connectivity index (χ3v) is 10.3. The van der Waals surface area contributed by atoms with Crippen molar-refractivity contribution in [2.75, 3.05) is 43.7 Å². The molecule has 0 saturated carbocycles. The van der Waals surface area contributed by atoms with Crippen molar-refractivity contribution in [3.8, 4) is 11.5 Å². The first-order valence-corrected chi connectivity index (χ1v) is 17.4. The number of pyridine rings is 1. The Morgan fingerprint density at radius 3 is 2.54 bits per heavy atom. The quantitative estimate of drug-likeness (QED) is 0.185. The number of nitrogens with one attached hydrogen (secondary N) is 1. The molecule has 1 fully saturated rings. The predicted octanol–water partition coefficient (Wildman–Crippen LogP) is 5.46. The first-order chi connectivity index (χ1) is 23.0. The zero-order valence-corrected chi connectivity index (χ0v) is 28.1. The van der Waals surface area contributed by atoms with E-state index in [1.165, 1.54) is 31.1 Å². The molecule has 254 valence electrons. The first kappa shape index (κ1) is 34.4. The zero-order chi connectivity index (χ0) is 34.6. The minimum atomic E-state index is -3.76. The van der Waals surface area contributed by atoms with Crippen molar-refractivity contribution < 1.29 is 36.6 Å². The summed E-state index contributed by atoms with van der Waals surface area (Å²) in [6.45, 7) is 5.42. The maximum atomic E-state index is 16.0. The Bertz CT molecular complexity index is 1940. The van der Waals surface area contributed by atoms with Gasteiger partial charge in [-0.05, 0) is 67.6 Å². The van der Waals surface area contributed by atoms with Gasteiger partial charge in [-0.15, -0.1) is 0 Å². The summed E-state index contributed by atoms with van der Waals surface area (Å²) < 4.78 is 59.0. The lowest BCUT2D eigenvalue weighted by molar-refractivity contribution is -0.149. The van der Waals surface area contributed by atoms with E-state index in [9.17, 15) is 18.0 Å². The molecule has 0 unspecified atom stereocenters. The van der Waals surface area contributed by atoms with Crippen molar-refractivity contribution in [2.45, 2.75) is 44.2 Å². The number of aromatic nitrogens is 1. The number of hydrogen-bond acceptors (Lipinski definition) is 10. The minimum absolute atomic E-state index is 0.0194. The van der Waals surface area contributed by atoms with Crippen LogP contribution in [0.1, 0.15) is 50.4 Å². The van der Waals surface area contributed by atoms with Gasteiger partial charge in [-0.1, -0.05) is 25.1 Å². The van der Waals surface area contributed by atoms with Crippen molar-refractivity contribution in [1.29, 1.82) is 0 Å². The van der Waals surface area contributed by atoms with Gasteiger partial charge in [-0.2, -0.15) is 0 Å². The maximum Gasteiger partial charge on any atom is 0.311 e. The molecule has 0 radical (unpaired) electrons. The summed E-state index contributed by atoms with van der Waals surface area (Å²) >= 11 is 0. The lowest BCUT2D eigenvalue weighted by Gasteiger charge is -2.33. The second kappa shape index (κ2) is 14.5. The molecule has 11 nitrogen and oxygen atoms in total. The maximum absolute atomic E-state index is 16.0. The van der Waals surface area contributed by atoms with Gasteiger partial charge in [0.1, 0.15) is 17.7 Å². The number of methoxy groups -OCH3 is 1. The van der Waals surface area contributed by atoms with E-state index < -0.39 is 45.5 Å². The molecule has 4 aromatic rings. The SMILES string of the molecule is CCOC(=O)[C@H]1CCN(C(=O)[C@H](Nc2ccc3c(N)nccc3c2)c2cc(OCC)c(OC)cc2F)[C@H]1c1ccccc1S(=O)(=O)CC. The molecule has 3 N–H and O–H groups in total. The highest BCUT2D eigenvalue weighted by Crippen LogP contribution is 2.44. The smallest absolute Gasteiger partial charge is 0.311 e. The summed E-state index contributed by atoms with van der Waals surface area (Å²) in [5.74, 6) is -2.20. The third-order valence-electron chi connectivity index (χ3n) is 8.47. The van der Waals surface area contributed by atoms with Crippen LogP contribution in [0.15, 0.2) is 71.8 Å². The fourth-order valence-corrected chi connectivity index (χ4v) is 7.32. The summed E-state index contributed by atoms with van der Waals surface area (Å²) in [6, 6.07) is 13.5. The van der Waals surface area contributed by atoms with Gasteiger partial charge in [0.2, 0.25) is 5.91 Å². The number of esters is 1. The molecule has 0 aliphatic carbocycles. The standard InChI is InChI=1S/C35H39FN4O7S/c1-5-46-29-19-26(27(36)20-28(29)45-4)31(39-22-12-13-23-21(18-22)14-16-38-33(23)37)34(41)40-17-15-25(35(42)47-6-2)32(40)24-10-8-9-11-30(24)48(43,44)7-3/h8-14,16,18-20,25,31-32,39H,5-7,15,17H2,1-4H3,(H2,37,38)/t25-,31+,32-/m0/s1. The molecule has 1 saturated heterocycles. The van der Waals surface area contributed by atoms with Crippen LogP contribution in [0.25, 0.3) is 10.8 Å². The van der Waals surface area contributed by atoms with Crippen LogP contribution in [0.2, 0.25) is 0 Å².